The van der Waals surface area contributed by atoms with Crippen LogP contribution < -0.4 is 10.6 Å². The van der Waals surface area contributed by atoms with E-state index >= 15 is 0 Å². The minimum atomic E-state index is -0.241. The third-order valence-corrected chi connectivity index (χ3v) is 3.79. The molecule has 0 saturated carbocycles. The second kappa shape index (κ2) is 5.95. The van der Waals surface area contributed by atoms with Crippen LogP contribution in [-0.4, -0.2) is 18.5 Å². The average Bonchev–Trinajstić information content (AvgIpc) is 2.88. The van der Waals surface area contributed by atoms with E-state index in [9.17, 15) is 4.39 Å². The van der Waals surface area contributed by atoms with Gasteiger partial charge in [-0.05, 0) is 42.7 Å². The van der Waals surface area contributed by atoms with Gasteiger partial charge in [0.1, 0.15) is 5.82 Å². The van der Waals surface area contributed by atoms with Crippen molar-refractivity contribution < 1.29 is 4.39 Å². The maximum absolute atomic E-state index is 13.1. The first-order chi connectivity index (χ1) is 10.2. The predicted molar refractivity (Wildman–Crippen MR) is 83.9 cm³/mol. The largest absolute Gasteiger partial charge is 0.370 e. The van der Waals surface area contributed by atoms with Crippen molar-refractivity contribution >= 4 is 11.6 Å². The maximum atomic E-state index is 13.1. The van der Waals surface area contributed by atoms with Crippen molar-refractivity contribution in [1.82, 2.24) is 0 Å². The first kappa shape index (κ1) is 13.6. The van der Waals surface area contributed by atoms with E-state index in [-0.39, 0.29) is 11.9 Å². The van der Waals surface area contributed by atoms with Crippen LogP contribution in [0.5, 0.6) is 0 Å². The van der Waals surface area contributed by atoms with Crippen molar-refractivity contribution in [3.05, 3.63) is 66.0 Å². The first-order valence-corrected chi connectivity index (χ1v) is 7.13. The van der Waals surface area contributed by atoms with Gasteiger partial charge in [0.2, 0.25) is 0 Å². The van der Waals surface area contributed by atoms with Crippen LogP contribution in [0.1, 0.15) is 12.0 Å². The number of halogens is 1. The van der Waals surface area contributed by atoms with E-state index < -0.39 is 0 Å². The molecule has 1 atom stereocenters. The minimum Gasteiger partial charge on any atom is -0.370 e. The smallest absolute Gasteiger partial charge is 0.196 e. The molecule has 0 saturated heterocycles. The van der Waals surface area contributed by atoms with E-state index in [1.165, 1.54) is 17.7 Å². The summed E-state index contributed by atoms with van der Waals surface area (Å²) in [4.78, 5) is 6.34. The molecule has 2 N–H and O–H groups in total. The molecule has 2 aromatic carbocycles. The Balaban J connectivity index is 1.72. The van der Waals surface area contributed by atoms with E-state index in [1.807, 2.05) is 23.1 Å². The Morgan fingerprint density at radius 3 is 2.52 bits per heavy atom. The molecule has 0 spiro atoms. The maximum Gasteiger partial charge on any atom is 0.196 e. The molecule has 1 aliphatic rings. The summed E-state index contributed by atoms with van der Waals surface area (Å²) in [6.07, 6.45) is 1.94. The van der Waals surface area contributed by atoms with Gasteiger partial charge < -0.3 is 10.6 Å². The summed E-state index contributed by atoms with van der Waals surface area (Å²) >= 11 is 0. The molecule has 1 heterocycles. The Morgan fingerprint density at radius 2 is 1.81 bits per heavy atom. The molecule has 3 nitrogen and oxygen atoms in total. The molecular formula is C17H18FN3. The molecule has 2 aromatic rings. The number of nitrogens with two attached hydrogens (primary N) is 1. The number of hydrogen-bond donors (Lipinski definition) is 1. The standard InChI is InChI=1S/C17H18FN3/c18-14-7-10-15(11-8-14)21-16(12-20-17(21)19)9-6-13-4-2-1-3-5-13/h1-5,7-8,10-11,16H,6,9,12H2,(H2,19,20). The number of hydrogen-bond acceptors (Lipinski definition) is 3. The van der Waals surface area contributed by atoms with Crippen molar-refractivity contribution in [3.8, 4) is 0 Å². The van der Waals surface area contributed by atoms with Crippen LogP contribution in [0.3, 0.4) is 0 Å². The summed E-state index contributed by atoms with van der Waals surface area (Å²) in [7, 11) is 0. The lowest BCUT2D eigenvalue weighted by Gasteiger charge is -2.26. The molecule has 4 heteroatoms. The summed E-state index contributed by atoms with van der Waals surface area (Å²) in [6, 6.07) is 17.0. The van der Waals surface area contributed by atoms with Crippen molar-refractivity contribution in [1.29, 1.82) is 0 Å². The molecular weight excluding hydrogens is 265 g/mol. The molecule has 3 rings (SSSR count). The molecule has 0 aliphatic carbocycles. The Bertz CT molecular complexity index is 622. The molecule has 0 aromatic heterocycles. The number of rotatable bonds is 4. The van der Waals surface area contributed by atoms with Crippen LogP contribution in [0.25, 0.3) is 0 Å². The molecule has 21 heavy (non-hydrogen) atoms. The lowest BCUT2D eigenvalue weighted by molar-refractivity contribution is 0.624. The highest BCUT2D eigenvalue weighted by atomic mass is 19.1. The van der Waals surface area contributed by atoms with Crippen molar-refractivity contribution in [2.45, 2.75) is 18.9 Å². The second-order valence-corrected chi connectivity index (χ2v) is 5.22. The molecule has 1 unspecified atom stereocenters. The van der Waals surface area contributed by atoms with Crippen molar-refractivity contribution in [3.63, 3.8) is 0 Å². The van der Waals surface area contributed by atoms with Gasteiger partial charge in [0.25, 0.3) is 0 Å². The fraction of sp³-hybridized carbons (Fsp3) is 0.235. The Labute approximate surface area is 123 Å². The number of aliphatic imine (C=N–C) groups is 1. The van der Waals surface area contributed by atoms with Gasteiger partial charge in [-0.2, -0.15) is 0 Å². The summed E-state index contributed by atoms with van der Waals surface area (Å²) in [6.45, 7) is 0.691. The highest BCUT2D eigenvalue weighted by Crippen LogP contribution is 2.23. The third kappa shape index (κ3) is 3.05. The zero-order valence-electron chi connectivity index (χ0n) is 11.7. The van der Waals surface area contributed by atoms with Crippen molar-refractivity contribution in [2.75, 3.05) is 11.4 Å². The zero-order valence-corrected chi connectivity index (χ0v) is 11.7. The van der Waals surface area contributed by atoms with Crippen LogP contribution >= 0.6 is 0 Å². The fourth-order valence-corrected chi connectivity index (χ4v) is 2.69. The molecule has 0 bridgehead atoms. The number of anilines is 1. The molecule has 0 fully saturated rings. The Kier molecular flexibility index (Phi) is 3.86. The third-order valence-electron chi connectivity index (χ3n) is 3.79. The second-order valence-electron chi connectivity index (χ2n) is 5.22. The van der Waals surface area contributed by atoms with Crippen LogP contribution in [-0.2, 0) is 6.42 Å². The molecule has 0 amide bonds. The topological polar surface area (TPSA) is 41.6 Å². The van der Waals surface area contributed by atoms with Gasteiger partial charge in [0.15, 0.2) is 5.96 Å². The SMILES string of the molecule is NC1=NCC(CCc2ccccc2)N1c1ccc(F)cc1. The highest BCUT2D eigenvalue weighted by Gasteiger charge is 2.26. The first-order valence-electron chi connectivity index (χ1n) is 7.13. The fourth-order valence-electron chi connectivity index (χ4n) is 2.69. The Hall–Kier alpha value is -2.36. The van der Waals surface area contributed by atoms with Crippen LogP contribution in [0.4, 0.5) is 10.1 Å². The van der Waals surface area contributed by atoms with Gasteiger partial charge >= 0.3 is 0 Å². The zero-order chi connectivity index (χ0) is 14.7. The van der Waals surface area contributed by atoms with Gasteiger partial charge in [-0.3, -0.25) is 4.99 Å². The van der Waals surface area contributed by atoms with E-state index in [4.69, 9.17) is 5.73 Å². The van der Waals surface area contributed by atoms with E-state index in [0.29, 0.717) is 12.5 Å². The van der Waals surface area contributed by atoms with Crippen LogP contribution in [0.15, 0.2) is 59.6 Å². The van der Waals surface area contributed by atoms with Crippen molar-refractivity contribution in [2.24, 2.45) is 10.7 Å². The van der Waals surface area contributed by atoms with Crippen LogP contribution in [0, 0.1) is 5.82 Å². The van der Waals surface area contributed by atoms with E-state index in [0.717, 1.165) is 18.5 Å². The minimum absolute atomic E-state index is 0.232. The molecule has 1 aliphatic heterocycles. The van der Waals surface area contributed by atoms with Gasteiger partial charge in [-0.1, -0.05) is 30.3 Å². The summed E-state index contributed by atoms with van der Waals surface area (Å²) < 4.78 is 13.1. The number of nitrogens with zero attached hydrogens (tertiary/aromatic N) is 2. The highest BCUT2D eigenvalue weighted by molar-refractivity contribution is 5.97. The molecule has 108 valence electrons. The van der Waals surface area contributed by atoms with Gasteiger partial charge in [0.05, 0.1) is 12.6 Å². The summed E-state index contributed by atoms with van der Waals surface area (Å²) in [5, 5.41) is 0. The van der Waals surface area contributed by atoms with Gasteiger partial charge in [0, 0.05) is 5.69 Å². The van der Waals surface area contributed by atoms with Gasteiger partial charge in [-0.25, -0.2) is 4.39 Å². The summed E-state index contributed by atoms with van der Waals surface area (Å²) in [5.41, 5.74) is 8.19. The predicted octanol–water partition coefficient (Wildman–Crippen LogP) is 2.96. The monoisotopic (exact) mass is 283 g/mol. The number of benzene rings is 2. The lowest BCUT2D eigenvalue weighted by atomic mass is 10.0. The number of guanidine groups is 1. The lowest BCUT2D eigenvalue weighted by Crippen LogP contribution is -2.41. The van der Waals surface area contributed by atoms with E-state index in [1.54, 1.807) is 12.1 Å². The normalized spacial score (nSPS) is 17.9. The van der Waals surface area contributed by atoms with Crippen LogP contribution in [0.2, 0.25) is 0 Å². The molecule has 0 radical (unpaired) electrons. The average molecular weight is 283 g/mol. The number of aryl methyl sites for hydroxylation is 1. The van der Waals surface area contributed by atoms with E-state index in [2.05, 4.69) is 17.1 Å². The summed E-state index contributed by atoms with van der Waals surface area (Å²) in [5.74, 6) is 0.272. The Morgan fingerprint density at radius 1 is 1.10 bits per heavy atom. The van der Waals surface area contributed by atoms with Gasteiger partial charge in [-0.15, -0.1) is 0 Å². The quantitative estimate of drug-likeness (QED) is 0.937.